The molecule has 1 aromatic heterocycles. The zero-order valence-electron chi connectivity index (χ0n) is 14.1. The number of hydrogen-bond acceptors (Lipinski definition) is 7. The molecule has 7 nitrogen and oxygen atoms in total. The smallest absolute Gasteiger partial charge is 0.339 e. The Labute approximate surface area is 143 Å². The highest BCUT2D eigenvalue weighted by atomic mass is 16.6. The minimum atomic E-state index is -0.916. The number of aliphatic hydroxyl groups excluding tert-OH is 1. The van der Waals surface area contributed by atoms with Crippen LogP contribution in [0.1, 0.15) is 40.3 Å². The first-order valence-corrected chi connectivity index (χ1v) is 7.71. The number of benzene rings is 1. The second-order valence-electron chi connectivity index (χ2n) is 5.80. The van der Waals surface area contributed by atoms with Crippen molar-refractivity contribution in [3.05, 3.63) is 57.1 Å². The van der Waals surface area contributed by atoms with Crippen molar-refractivity contribution in [2.24, 2.45) is 0 Å². The number of cyclic esters (lactones) is 1. The molecule has 1 unspecified atom stereocenters. The zero-order valence-corrected chi connectivity index (χ0v) is 14.1. The Morgan fingerprint density at radius 1 is 1.20 bits per heavy atom. The Balaban J connectivity index is 2.07. The summed E-state index contributed by atoms with van der Waals surface area (Å²) >= 11 is 0. The molecule has 0 bridgehead atoms. The summed E-state index contributed by atoms with van der Waals surface area (Å²) in [5.74, 6) is 0.629. The number of carbonyl (C=O) groups excluding carboxylic acids is 1. The van der Waals surface area contributed by atoms with Gasteiger partial charge in [0, 0.05) is 18.6 Å². The van der Waals surface area contributed by atoms with Gasteiger partial charge in [0.15, 0.2) is 11.5 Å². The SMILES string of the molecule is COc1cc(OC)c2c(c1)C(=O)O[C@H]2c1coc(CC(C)O)cc1=O. The lowest BCUT2D eigenvalue weighted by atomic mass is 9.98. The van der Waals surface area contributed by atoms with Crippen molar-refractivity contribution in [2.45, 2.75) is 25.6 Å². The summed E-state index contributed by atoms with van der Waals surface area (Å²) in [5, 5.41) is 9.40. The van der Waals surface area contributed by atoms with Crippen LogP contribution in [0.4, 0.5) is 0 Å². The van der Waals surface area contributed by atoms with Gasteiger partial charge < -0.3 is 23.7 Å². The van der Waals surface area contributed by atoms with Gasteiger partial charge in [-0.1, -0.05) is 0 Å². The summed E-state index contributed by atoms with van der Waals surface area (Å²) in [5.41, 5.74) is 0.591. The summed E-state index contributed by atoms with van der Waals surface area (Å²) in [6.07, 6.45) is -0.0693. The predicted octanol–water partition coefficient (Wildman–Crippen LogP) is 1.84. The first-order chi connectivity index (χ1) is 11.9. The Hall–Kier alpha value is -2.80. The van der Waals surface area contributed by atoms with Gasteiger partial charge in [-0.05, 0) is 13.0 Å². The molecule has 2 aromatic rings. The Bertz CT molecular complexity index is 866. The Morgan fingerprint density at radius 3 is 2.56 bits per heavy atom. The van der Waals surface area contributed by atoms with Crippen LogP contribution in [-0.4, -0.2) is 31.4 Å². The normalized spacial score (nSPS) is 17.0. The molecule has 0 fully saturated rings. The highest BCUT2D eigenvalue weighted by Gasteiger charge is 2.37. The minimum absolute atomic E-state index is 0.185. The van der Waals surface area contributed by atoms with Crippen molar-refractivity contribution in [3.63, 3.8) is 0 Å². The van der Waals surface area contributed by atoms with E-state index in [1.807, 2.05) is 0 Å². The Morgan fingerprint density at radius 2 is 1.96 bits per heavy atom. The monoisotopic (exact) mass is 346 g/mol. The van der Waals surface area contributed by atoms with Gasteiger partial charge in [-0.2, -0.15) is 0 Å². The minimum Gasteiger partial charge on any atom is -0.497 e. The average molecular weight is 346 g/mol. The molecule has 25 heavy (non-hydrogen) atoms. The molecule has 7 heteroatoms. The highest BCUT2D eigenvalue weighted by Crippen LogP contribution is 2.42. The molecule has 0 amide bonds. The Kier molecular flexibility index (Phi) is 4.50. The van der Waals surface area contributed by atoms with E-state index in [9.17, 15) is 14.7 Å². The molecule has 0 saturated heterocycles. The van der Waals surface area contributed by atoms with Gasteiger partial charge in [0.05, 0.1) is 37.0 Å². The van der Waals surface area contributed by atoms with Crippen LogP contribution in [0.25, 0.3) is 0 Å². The van der Waals surface area contributed by atoms with E-state index in [2.05, 4.69) is 0 Å². The number of carbonyl (C=O) groups is 1. The van der Waals surface area contributed by atoms with E-state index in [1.165, 1.54) is 26.5 Å². The summed E-state index contributed by atoms with van der Waals surface area (Å²) in [6, 6.07) is 4.46. The lowest BCUT2D eigenvalue weighted by Gasteiger charge is -2.14. The van der Waals surface area contributed by atoms with Crippen LogP contribution in [0.2, 0.25) is 0 Å². The number of aliphatic hydroxyl groups is 1. The predicted molar refractivity (Wildman–Crippen MR) is 87.2 cm³/mol. The molecule has 1 N–H and O–H groups in total. The third kappa shape index (κ3) is 3.10. The molecule has 132 valence electrons. The van der Waals surface area contributed by atoms with E-state index in [-0.39, 0.29) is 23.0 Å². The number of hydrogen-bond donors (Lipinski definition) is 1. The third-order valence-electron chi connectivity index (χ3n) is 3.97. The molecule has 1 aromatic carbocycles. The van der Waals surface area contributed by atoms with E-state index < -0.39 is 18.2 Å². The number of methoxy groups -OCH3 is 2. The number of ether oxygens (including phenoxy) is 3. The highest BCUT2D eigenvalue weighted by molar-refractivity contribution is 5.96. The largest absolute Gasteiger partial charge is 0.497 e. The number of rotatable bonds is 5. The fourth-order valence-electron chi connectivity index (χ4n) is 2.83. The standard InChI is InChI=1S/C18H18O7/c1-9(19)4-11-6-14(20)13(8-24-11)17-16-12(18(21)25-17)5-10(22-2)7-15(16)23-3/h5-9,17,19H,4H2,1-3H3/t9?,17-/m0/s1. The van der Waals surface area contributed by atoms with Crippen molar-refractivity contribution in [1.29, 1.82) is 0 Å². The maximum absolute atomic E-state index is 12.4. The maximum atomic E-state index is 12.4. The van der Waals surface area contributed by atoms with Gasteiger partial charge in [-0.25, -0.2) is 4.79 Å². The summed E-state index contributed by atoms with van der Waals surface area (Å²) < 4.78 is 21.3. The van der Waals surface area contributed by atoms with Gasteiger partial charge in [0.25, 0.3) is 0 Å². The summed E-state index contributed by atoms with van der Waals surface area (Å²) in [4.78, 5) is 24.7. The van der Waals surface area contributed by atoms with Gasteiger partial charge in [-0.3, -0.25) is 4.79 Å². The van der Waals surface area contributed by atoms with Crippen molar-refractivity contribution in [2.75, 3.05) is 14.2 Å². The third-order valence-corrected chi connectivity index (χ3v) is 3.97. The zero-order chi connectivity index (χ0) is 18.1. The van der Waals surface area contributed by atoms with Crippen LogP contribution in [0, 0.1) is 0 Å². The second-order valence-corrected chi connectivity index (χ2v) is 5.80. The number of fused-ring (bicyclic) bond motifs is 1. The van der Waals surface area contributed by atoms with Gasteiger partial charge in [-0.15, -0.1) is 0 Å². The molecular formula is C18H18O7. The van der Waals surface area contributed by atoms with Crippen molar-refractivity contribution >= 4 is 5.97 Å². The quantitative estimate of drug-likeness (QED) is 0.825. The summed E-state index contributed by atoms with van der Waals surface area (Å²) in [7, 11) is 2.94. The molecule has 0 spiro atoms. The second kappa shape index (κ2) is 6.60. The van der Waals surface area contributed by atoms with E-state index in [1.54, 1.807) is 19.1 Å². The van der Waals surface area contributed by atoms with E-state index in [0.717, 1.165) is 0 Å². The van der Waals surface area contributed by atoms with Crippen molar-refractivity contribution in [3.8, 4) is 11.5 Å². The van der Waals surface area contributed by atoms with E-state index >= 15 is 0 Å². The topological polar surface area (TPSA) is 95.2 Å². The van der Waals surface area contributed by atoms with Gasteiger partial charge in [0.2, 0.25) is 0 Å². The van der Waals surface area contributed by atoms with Gasteiger partial charge in [0.1, 0.15) is 23.5 Å². The fraction of sp³-hybridized carbons (Fsp3) is 0.333. The molecule has 1 aliphatic rings. The van der Waals surface area contributed by atoms with Crippen LogP contribution >= 0.6 is 0 Å². The molecule has 0 radical (unpaired) electrons. The lowest BCUT2D eigenvalue weighted by molar-refractivity contribution is 0.0450. The molecule has 2 heterocycles. The molecular weight excluding hydrogens is 328 g/mol. The summed E-state index contributed by atoms with van der Waals surface area (Å²) in [6.45, 7) is 1.60. The lowest BCUT2D eigenvalue weighted by Crippen LogP contribution is -2.16. The molecule has 3 rings (SSSR count). The molecule has 1 aliphatic heterocycles. The number of esters is 1. The van der Waals surface area contributed by atoms with Crippen LogP contribution in [0.15, 0.2) is 33.7 Å². The maximum Gasteiger partial charge on any atom is 0.339 e. The average Bonchev–Trinajstić information content (AvgIpc) is 2.90. The fourth-order valence-corrected chi connectivity index (χ4v) is 2.83. The molecule has 0 aliphatic carbocycles. The first kappa shape index (κ1) is 17.0. The van der Waals surface area contributed by atoms with Crippen molar-refractivity contribution < 1.29 is 28.5 Å². The van der Waals surface area contributed by atoms with Crippen LogP contribution < -0.4 is 14.9 Å². The van der Waals surface area contributed by atoms with Gasteiger partial charge >= 0.3 is 5.97 Å². The molecule has 0 saturated carbocycles. The first-order valence-electron chi connectivity index (χ1n) is 7.71. The van der Waals surface area contributed by atoms with Crippen molar-refractivity contribution in [1.82, 2.24) is 0 Å². The van der Waals surface area contributed by atoms with Crippen LogP contribution in [0.5, 0.6) is 11.5 Å². The van der Waals surface area contributed by atoms with Crippen LogP contribution in [-0.2, 0) is 11.2 Å². The van der Waals surface area contributed by atoms with E-state index in [4.69, 9.17) is 18.6 Å². The molecule has 2 atom stereocenters. The van der Waals surface area contributed by atoms with E-state index in [0.29, 0.717) is 22.8 Å². The van der Waals surface area contributed by atoms with Crippen LogP contribution in [0.3, 0.4) is 0 Å².